The molecule has 4 nitrogen and oxygen atoms in total. The van der Waals surface area contributed by atoms with Gasteiger partial charge in [-0.2, -0.15) is 0 Å². The van der Waals surface area contributed by atoms with E-state index in [1.54, 1.807) is 23.1 Å². The van der Waals surface area contributed by atoms with Crippen LogP contribution in [0.4, 0.5) is 0 Å². The molecule has 1 aromatic carbocycles. The fourth-order valence-electron chi connectivity index (χ4n) is 2.85. The van der Waals surface area contributed by atoms with Crippen LogP contribution in [-0.4, -0.2) is 57.4 Å². The van der Waals surface area contributed by atoms with Crippen molar-refractivity contribution in [2.24, 2.45) is 0 Å². The van der Waals surface area contributed by atoms with Gasteiger partial charge in [0.05, 0.1) is 11.4 Å². The molecule has 6 heteroatoms. The maximum atomic E-state index is 12.3. The Kier molecular flexibility index (Phi) is 6.37. The number of thiazole rings is 1. The average molecular weight is 390 g/mol. The highest BCUT2D eigenvalue weighted by Gasteiger charge is 2.23. The van der Waals surface area contributed by atoms with Gasteiger partial charge >= 0.3 is 0 Å². The van der Waals surface area contributed by atoms with E-state index < -0.39 is 0 Å². The third-order valence-electron chi connectivity index (χ3n) is 4.31. The van der Waals surface area contributed by atoms with Crippen molar-refractivity contribution in [3.63, 3.8) is 0 Å². The largest absolute Gasteiger partial charge is 0.339 e. The number of carbonyl (C=O) groups excluding carboxylic acids is 1. The number of carbonyl (C=O) groups is 1. The smallest absolute Gasteiger partial charge is 0.232 e. The standard InChI is InChI=1S/C20H27N3OS2/c1-20(2,3)26-15-18(24)23-11-9-22(10-12-23)13-17-14-25-19(21-17)16-7-5-4-6-8-16/h4-8,14H,9-13,15H2,1-3H3. The van der Waals surface area contributed by atoms with Gasteiger partial charge in [-0.1, -0.05) is 51.1 Å². The van der Waals surface area contributed by atoms with Crippen molar-refractivity contribution in [1.29, 1.82) is 0 Å². The highest BCUT2D eigenvalue weighted by Crippen LogP contribution is 2.25. The predicted molar refractivity (Wildman–Crippen MR) is 112 cm³/mol. The first kappa shape index (κ1) is 19.4. The van der Waals surface area contributed by atoms with Gasteiger partial charge in [-0.3, -0.25) is 9.69 Å². The zero-order valence-corrected chi connectivity index (χ0v) is 17.4. The summed E-state index contributed by atoms with van der Waals surface area (Å²) in [6, 6.07) is 10.3. The molecule has 140 valence electrons. The second kappa shape index (κ2) is 8.55. The number of aromatic nitrogens is 1. The molecule has 1 aromatic heterocycles. The van der Waals surface area contributed by atoms with E-state index in [2.05, 4.69) is 43.2 Å². The summed E-state index contributed by atoms with van der Waals surface area (Å²) < 4.78 is 0.137. The number of benzene rings is 1. The van der Waals surface area contributed by atoms with E-state index in [9.17, 15) is 4.79 Å². The molecule has 26 heavy (non-hydrogen) atoms. The monoisotopic (exact) mass is 389 g/mol. The zero-order chi connectivity index (χ0) is 18.6. The number of hydrogen-bond acceptors (Lipinski definition) is 5. The Hall–Kier alpha value is -1.37. The van der Waals surface area contributed by atoms with E-state index in [1.165, 1.54) is 5.56 Å². The van der Waals surface area contributed by atoms with Crippen molar-refractivity contribution in [3.8, 4) is 10.6 Å². The quantitative estimate of drug-likeness (QED) is 0.775. The highest BCUT2D eigenvalue weighted by atomic mass is 32.2. The maximum absolute atomic E-state index is 12.3. The van der Waals surface area contributed by atoms with E-state index >= 15 is 0 Å². The molecule has 0 atom stereocenters. The number of nitrogens with zero attached hydrogens (tertiary/aromatic N) is 3. The summed E-state index contributed by atoms with van der Waals surface area (Å²) in [4.78, 5) is 21.5. The molecule has 3 rings (SSSR count). The molecule has 1 aliphatic heterocycles. The summed E-state index contributed by atoms with van der Waals surface area (Å²) in [5.41, 5.74) is 2.30. The fourth-order valence-corrected chi connectivity index (χ4v) is 4.40. The summed E-state index contributed by atoms with van der Waals surface area (Å²) in [7, 11) is 0. The number of hydrogen-bond donors (Lipinski definition) is 0. The Morgan fingerprint density at radius 3 is 2.50 bits per heavy atom. The first-order valence-electron chi connectivity index (χ1n) is 9.05. The molecule has 0 aliphatic carbocycles. The molecule has 1 fully saturated rings. The lowest BCUT2D eigenvalue weighted by molar-refractivity contribution is -0.130. The SMILES string of the molecule is CC(C)(C)SCC(=O)N1CCN(Cc2csc(-c3ccccc3)n2)CC1. The molecular weight excluding hydrogens is 362 g/mol. The molecule has 0 N–H and O–H groups in total. The molecule has 0 unspecified atom stereocenters. The molecule has 0 spiro atoms. The van der Waals surface area contributed by atoms with Crippen LogP contribution in [0.2, 0.25) is 0 Å². The molecule has 0 saturated carbocycles. The maximum Gasteiger partial charge on any atom is 0.232 e. The minimum absolute atomic E-state index is 0.137. The molecule has 0 radical (unpaired) electrons. The third kappa shape index (κ3) is 5.56. The molecule has 0 bridgehead atoms. The Bertz CT molecular complexity index is 716. The number of thioether (sulfide) groups is 1. The number of amides is 1. The van der Waals surface area contributed by atoms with Gasteiger partial charge in [0.2, 0.25) is 5.91 Å². The van der Waals surface area contributed by atoms with Crippen molar-refractivity contribution in [3.05, 3.63) is 41.4 Å². The summed E-state index contributed by atoms with van der Waals surface area (Å²) in [6.07, 6.45) is 0. The van der Waals surface area contributed by atoms with E-state index in [0.29, 0.717) is 5.75 Å². The van der Waals surface area contributed by atoms with Gasteiger partial charge < -0.3 is 4.90 Å². The van der Waals surface area contributed by atoms with Gasteiger partial charge in [0.25, 0.3) is 0 Å². The van der Waals surface area contributed by atoms with Crippen LogP contribution in [0.15, 0.2) is 35.7 Å². The van der Waals surface area contributed by atoms with Crippen molar-refractivity contribution in [1.82, 2.24) is 14.8 Å². The molecule has 1 amide bonds. The van der Waals surface area contributed by atoms with Crippen molar-refractivity contribution in [2.45, 2.75) is 32.1 Å². The Balaban J connectivity index is 1.47. The summed E-state index contributed by atoms with van der Waals surface area (Å²) in [6.45, 7) is 10.8. The van der Waals surface area contributed by atoms with Gasteiger partial charge in [0, 0.05) is 48.4 Å². The predicted octanol–water partition coefficient (Wildman–Crippen LogP) is 3.99. The lowest BCUT2D eigenvalue weighted by Gasteiger charge is -2.34. The molecule has 1 saturated heterocycles. The Labute approximate surface area is 164 Å². The highest BCUT2D eigenvalue weighted by molar-refractivity contribution is 8.01. The van der Waals surface area contributed by atoms with Crippen LogP contribution in [0.5, 0.6) is 0 Å². The van der Waals surface area contributed by atoms with Crippen molar-refractivity contribution >= 4 is 29.0 Å². The van der Waals surface area contributed by atoms with E-state index in [0.717, 1.165) is 43.4 Å². The fraction of sp³-hybridized carbons (Fsp3) is 0.500. The molecule has 2 aromatic rings. The van der Waals surface area contributed by atoms with E-state index in [1.807, 2.05) is 23.1 Å². The number of piperazine rings is 1. The topological polar surface area (TPSA) is 36.4 Å². The van der Waals surface area contributed by atoms with Crippen LogP contribution in [-0.2, 0) is 11.3 Å². The first-order chi connectivity index (χ1) is 12.4. The van der Waals surface area contributed by atoms with Crippen molar-refractivity contribution < 1.29 is 4.79 Å². The van der Waals surface area contributed by atoms with Crippen LogP contribution in [0.25, 0.3) is 10.6 Å². The molecular formula is C20H27N3OS2. The molecule has 2 heterocycles. The summed E-state index contributed by atoms with van der Waals surface area (Å²) in [5.74, 6) is 0.848. The van der Waals surface area contributed by atoms with Gasteiger partial charge in [0.1, 0.15) is 5.01 Å². The second-order valence-corrected chi connectivity index (χ2v) is 10.2. The third-order valence-corrected chi connectivity index (χ3v) is 6.51. The minimum Gasteiger partial charge on any atom is -0.339 e. The van der Waals surface area contributed by atoms with Crippen LogP contribution in [0, 0.1) is 0 Å². The second-order valence-electron chi connectivity index (χ2n) is 7.57. The van der Waals surface area contributed by atoms with Crippen LogP contribution < -0.4 is 0 Å². The van der Waals surface area contributed by atoms with Crippen molar-refractivity contribution in [2.75, 3.05) is 31.9 Å². The van der Waals surface area contributed by atoms with Gasteiger partial charge in [-0.05, 0) is 0 Å². The Morgan fingerprint density at radius 1 is 1.15 bits per heavy atom. The summed E-state index contributed by atoms with van der Waals surface area (Å²) in [5, 5.41) is 3.23. The lowest BCUT2D eigenvalue weighted by Crippen LogP contribution is -2.49. The van der Waals surface area contributed by atoms with E-state index in [-0.39, 0.29) is 10.7 Å². The van der Waals surface area contributed by atoms with Crippen LogP contribution in [0.3, 0.4) is 0 Å². The van der Waals surface area contributed by atoms with Gasteiger partial charge in [-0.25, -0.2) is 4.98 Å². The normalized spacial score (nSPS) is 16.0. The Morgan fingerprint density at radius 2 is 1.85 bits per heavy atom. The summed E-state index contributed by atoms with van der Waals surface area (Å²) >= 11 is 3.43. The first-order valence-corrected chi connectivity index (χ1v) is 10.9. The van der Waals surface area contributed by atoms with Crippen LogP contribution in [0.1, 0.15) is 26.5 Å². The van der Waals surface area contributed by atoms with E-state index in [4.69, 9.17) is 4.98 Å². The lowest BCUT2D eigenvalue weighted by atomic mass is 10.2. The average Bonchev–Trinajstić information content (AvgIpc) is 3.09. The molecule has 1 aliphatic rings. The number of rotatable bonds is 5. The van der Waals surface area contributed by atoms with Gasteiger partial charge in [0.15, 0.2) is 0 Å². The van der Waals surface area contributed by atoms with Gasteiger partial charge in [-0.15, -0.1) is 23.1 Å². The zero-order valence-electron chi connectivity index (χ0n) is 15.8. The van der Waals surface area contributed by atoms with Crippen LogP contribution >= 0.6 is 23.1 Å². The minimum atomic E-state index is 0.137.